The molecule has 1 amide bonds. The van der Waals surface area contributed by atoms with Gasteiger partial charge in [-0.15, -0.1) is 0 Å². The summed E-state index contributed by atoms with van der Waals surface area (Å²) in [5.41, 5.74) is 2.33. The first-order valence-electron chi connectivity index (χ1n) is 10.8. The Balaban J connectivity index is 1.88. The van der Waals surface area contributed by atoms with E-state index >= 15 is 0 Å². The minimum atomic E-state index is -4.47. The second-order valence-corrected chi connectivity index (χ2v) is 8.63. The summed E-state index contributed by atoms with van der Waals surface area (Å²) >= 11 is 0. The fourth-order valence-electron chi connectivity index (χ4n) is 4.20. The molecule has 2 atom stereocenters. The lowest BCUT2D eigenvalue weighted by atomic mass is 9.86. The van der Waals surface area contributed by atoms with Crippen molar-refractivity contribution in [3.8, 4) is 0 Å². The van der Waals surface area contributed by atoms with Gasteiger partial charge in [-0.3, -0.25) is 9.79 Å². The van der Waals surface area contributed by atoms with Gasteiger partial charge in [0.25, 0.3) is 0 Å². The maximum atomic E-state index is 14.0. The van der Waals surface area contributed by atoms with Gasteiger partial charge in [0.1, 0.15) is 0 Å². The predicted molar refractivity (Wildman–Crippen MR) is 120 cm³/mol. The van der Waals surface area contributed by atoms with Crippen molar-refractivity contribution >= 4 is 17.2 Å². The molecule has 0 aliphatic heterocycles. The Morgan fingerprint density at radius 3 is 2.62 bits per heavy atom. The molecule has 0 radical (unpaired) electrons. The number of hydrogen-bond donors (Lipinski definition) is 1. The predicted octanol–water partition coefficient (Wildman–Crippen LogP) is 6.05. The third-order valence-electron chi connectivity index (χ3n) is 5.75. The molecule has 32 heavy (non-hydrogen) atoms. The van der Waals surface area contributed by atoms with Gasteiger partial charge in [0, 0.05) is 24.1 Å². The number of fused-ring (bicyclic) bond motifs is 1. The van der Waals surface area contributed by atoms with Crippen LogP contribution in [0.25, 0.3) is 5.57 Å². The zero-order chi connectivity index (χ0) is 23.5. The van der Waals surface area contributed by atoms with Gasteiger partial charge in [-0.25, -0.2) is 0 Å². The standard InChI is InChI=1S/C25H29F3N2O2/c1-15(2)24(30-17(4)31)16(3)29-13-18-10-20-7-5-6-19(21-8-9-32-14-21)12-23(22(20)11-18)25(26,27)28/h6,8-12,14-15,20,24H,5,7,13H2,1-4H3,(H,30,31). The number of carbonyl (C=O) groups is 1. The summed E-state index contributed by atoms with van der Waals surface area (Å²) in [5.74, 6) is -0.285. The Bertz CT molecular complexity index is 993. The van der Waals surface area contributed by atoms with Crippen LogP contribution in [0, 0.1) is 11.8 Å². The lowest BCUT2D eigenvalue weighted by Crippen LogP contribution is -2.42. The maximum absolute atomic E-state index is 14.0. The first kappa shape index (κ1) is 23.8. The Labute approximate surface area is 186 Å². The number of carbonyl (C=O) groups excluding carboxylic acids is 1. The van der Waals surface area contributed by atoms with Crippen LogP contribution in [0.15, 0.2) is 69.0 Å². The number of aliphatic imine (C=N–C) groups is 1. The number of nitrogens with one attached hydrogen (secondary N) is 1. The molecule has 2 aliphatic rings. The highest BCUT2D eigenvalue weighted by Gasteiger charge is 2.40. The third kappa shape index (κ3) is 5.69. The molecule has 0 fully saturated rings. The summed E-state index contributed by atoms with van der Waals surface area (Å²) in [6.45, 7) is 7.56. The molecular weight excluding hydrogens is 417 g/mol. The molecule has 1 N–H and O–H groups in total. The van der Waals surface area contributed by atoms with E-state index in [1.807, 2.05) is 32.9 Å². The van der Waals surface area contributed by atoms with E-state index < -0.39 is 11.7 Å². The molecule has 1 heterocycles. The summed E-state index contributed by atoms with van der Waals surface area (Å²) in [7, 11) is 0. The Morgan fingerprint density at radius 1 is 1.28 bits per heavy atom. The van der Waals surface area contributed by atoms with Gasteiger partial charge in [0.15, 0.2) is 0 Å². The average molecular weight is 447 g/mol. The van der Waals surface area contributed by atoms with Gasteiger partial charge in [-0.1, -0.05) is 32.1 Å². The van der Waals surface area contributed by atoms with Crippen LogP contribution in [-0.2, 0) is 4.79 Å². The molecule has 0 saturated carbocycles. The van der Waals surface area contributed by atoms with Crippen LogP contribution in [-0.4, -0.2) is 30.4 Å². The smallest absolute Gasteiger partial charge is 0.416 e. The van der Waals surface area contributed by atoms with E-state index in [-0.39, 0.29) is 35.9 Å². The van der Waals surface area contributed by atoms with Crippen LogP contribution in [0.3, 0.4) is 0 Å². The van der Waals surface area contributed by atoms with E-state index in [0.717, 1.165) is 11.3 Å². The molecule has 0 saturated heterocycles. The summed E-state index contributed by atoms with van der Waals surface area (Å²) < 4.78 is 47.1. The fourth-order valence-corrected chi connectivity index (χ4v) is 4.20. The molecule has 7 heteroatoms. The Hall–Kier alpha value is -2.83. The van der Waals surface area contributed by atoms with E-state index in [1.54, 1.807) is 12.1 Å². The third-order valence-corrected chi connectivity index (χ3v) is 5.75. The quantitative estimate of drug-likeness (QED) is 0.541. The summed E-state index contributed by atoms with van der Waals surface area (Å²) in [6, 6.07) is 1.46. The van der Waals surface area contributed by atoms with Crippen LogP contribution in [0.5, 0.6) is 0 Å². The van der Waals surface area contributed by atoms with Crippen LogP contribution < -0.4 is 5.32 Å². The minimum Gasteiger partial charge on any atom is -0.472 e. The highest BCUT2D eigenvalue weighted by molar-refractivity contribution is 5.91. The molecule has 0 bridgehead atoms. The van der Waals surface area contributed by atoms with Crippen molar-refractivity contribution in [3.63, 3.8) is 0 Å². The average Bonchev–Trinajstić information content (AvgIpc) is 3.33. The number of allylic oxidation sites excluding steroid dienone is 6. The van der Waals surface area contributed by atoms with Gasteiger partial charge in [0.2, 0.25) is 5.91 Å². The van der Waals surface area contributed by atoms with Crippen molar-refractivity contribution in [1.82, 2.24) is 5.32 Å². The monoisotopic (exact) mass is 446 g/mol. The Kier molecular flexibility index (Phi) is 7.26. The molecular formula is C25H29F3N2O2. The topological polar surface area (TPSA) is 54.6 Å². The van der Waals surface area contributed by atoms with E-state index in [2.05, 4.69) is 10.3 Å². The molecule has 1 aromatic rings. The highest BCUT2D eigenvalue weighted by Crippen LogP contribution is 2.43. The molecule has 3 rings (SSSR count). The van der Waals surface area contributed by atoms with Crippen molar-refractivity contribution in [2.75, 3.05) is 6.54 Å². The largest absolute Gasteiger partial charge is 0.472 e. The van der Waals surface area contributed by atoms with Crippen molar-refractivity contribution < 1.29 is 22.4 Å². The lowest BCUT2D eigenvalue weighted by Gasteiger charge is -2.21. The van der Waals surface area contributed by atoms with Crippen LogP contribution >= 0.6 is 0 Å². The number of nitrogens with zero attached hydrogens (tertiary/aromatic N) is 1. The highest BCUT2D eigenvalue weighted by atomic mass is 19.4. The van der Waals surface area contributed by atoms with E-state index in [1.165, 1.54) is 25.5 Å². The summed E-state index contributed by atoms with van der Waals surface area (Å²) in [4.78, 5) is 16.1. The Morgan fingerprint density at radius 2 is 2.03 bits per heavy atom. The van der Waals surface area contributed by atoms with E-state index in [4.69, 9.17) is 4.42 Å². The van der Waals surface area contributed by atoms with E-state index in [0.29, 0.717) is 24.0 Å². The van der Waals surface area contributed by atoms with Gasteiger partial charge in [-0.2, -0.15) is 13.2 Å². The molecule has 1 aromatic heterocycles. The second kappa shape index (κ2) is 9.76. The van der Waals surface area contributed by atoms with Crippen molar-refractivity contribution in [1.29, 1.82) is 0 Å². The normalized spacial score (nSPS) is 20.5. The van der Waals surface area contributed by atoms with Crippen molar-refractivity contribution in [2.45, 2.75) is 52.8 Å². The van der Waals surface area contributed by atoms with E-state index in [9.17, 15) is 18.0 Å². The van der Waals surface area contributed by atoms with Gasteiger partial charge < -0.3 is 9.73 Å². The van der Waals surface area contributed by atoms with Gasteiger partial charge in [0.05, 0.1) is 30.7 Å². The van der Waals surface area contributed by atoms with Crippen LogP contribution in [0.1, 0.15) is 46.1 Å². The summed E-state index contributed by atoms with van der Waals surface area (Å²) in [6.07, 6.45) is 6.27. The molecule has 2 unspecified atom stereocenters. The van der Waals surface area contributed by atoms with Crippen molar-refractivity contribution in [3.05, 3.63) is 65.2 Å². The fraction of sp³-hybridized carbons (Fsp3) is 0.440. The molecule has 4 nitrogen and oxygen atoms in total. The second-order valence-electron chi connectivity index (χ2n) is 8.63. The number of furan rings is 1. The molecule has 2 aliphatic carbocycles. The van der Waals surface area contributed by atoms with Gasteiger partial charge in [-0.05, 0) is 54.5 Å². The van der Waals surface area contributed by atoms with Crippen LogP contribution in [0.2, 0.25) is 0 Å². The number of hydrogen-bond acceptors (Lipinski definition) is 3. The number of halogens is 3. The SMILES string of the molecule is CC(=O)NC(C(C)=NCC1=CC2CCC=C(c3ccoc3)C=C(C(F)(F)F)C2=C1)C(C)C. The minimum absolute atomic E-state index is 0.139. The van der Waals surface area contributed by atoms with Crippen LogP contribution in [0.4, 0.5) is 13.2 Å². The van der Waals surface area contributed by atoms with Gasteiger partial charge >= 0.3 is 6.18 Å². The van der Waals surface area contributed by atoms with Crippen molar-refractivity contribution in [2.24, 2.45) is 16.8 Å². The number of amides is 1. The lowest BCUT2D eigenvalue weighted by molar-refractivity contribution is -0.119. The first-order chi connectivity index (χ1) is 15.1. The summed E-state index contributed by atoms with van der Waals surface area (Å²) in [5, 5.41) is 2.89. The first-order valence-corrected chi connectivity index (χ1v) is 10.8. The number of rotatable bonds is 6. The molecule has 0 aromatic carbocycles. The maximum Gasteiger partial charge on any atom is 0.416 e. The molecule has 172 valence electrons. The molecule has 0 spiro atoms. The zero-order valence-corrected chi connectivity index (χ0v) is 18.8. The zero-order valence-electron chi connectivity index (χ0n) is 18.8. The number of alkyl halides is 3.